The summed E-state index contributed by atoms with van der Waals surface area (Å²) in [6.07, 6.45) is 11.4. The molecule has 1 aliphatic carbocycles. The molecule has 0 aliphatic heterocycles. The summed E-state index contributed by atoms with van der Waals surface area (Å²) in [4.78, 5) is 13.6. The molecule has 0 bridgehead atoms. The Morgan fingerprint density at radius 3 is 2.59 bits per heavy atom. The van der Waals surface area contributed by atoms with E-state index in [2.05, 4.69) is 20.6 Å². The molecule has 232 valence electrons. The lowest BCUT2D eigenvalue weighted by molar-refractivity contribution is -0.112. The second kappa shape index (κ2) is 21.3. The summed E-state index contributed by atoms with van der Waals surface area (Å²) in [5.74, 6) is -0.0767. The van der Waals surface area contributed by atoms with Crippen molar-refractivity contribution >= 4 is 21.7 Å². The van der Waals surface area contributed by atoms with E-state index >= 15 is 0 Å². The number of hydroxylamine groups is 1. The zero-order valence-electron chi connectivity index (χ0n) is 24.1. The minimum atomic E-state index is -3.62. The van der Waals surface area contributed by atoms with E-state index in [1.807, 2.05) is 0 Å². The molecule has 0 aromatic carbocycles. The van der Waals surface area contributed by atoms with E-state index in [0.29, 0.717) is 70.4 Å². The molecule has 1 aromatic heterocycles. The van der Waals surface area contributed by atoms with Crippen LogP contribution in [0.15, 0.2) is 23.3 Å². The summed E-state index contributed by atoms with van der Waals surface area (Å²) in [7, 11) is -2.01. The maximum atomic E-state index is 13.3. The third-order valence-electron chi connectivity index (χ3n) is 6.46. The van der Waals surface area contributed by atoms with E-state index < -0.39 is 16.0 Å². The summed E-state index contributed by atoms with van der Waals surface area (Å²) in [5.41, 5.74) is 0.417. The highest BCUT2D eigenvalue weighted by molar-refractivity contribution is 7.88. The van der Waals surface area contributed by atoms with Crippen LogP contribution in [0, 0.1) is 23.3 Å². The highest BCUT2D eigenvalue weighted by Gasteiger charge is 2.24. The van der Waals surface area contributed by atoms with Crippen LogP contribution in [0.4, 0.5) is 10.1 Å². The lowest BCUT2D eigenvalue weighted by Crippen LogP contribution is -2.37. The van der Waals surface area contributed by atoms with Gasteiger partial charge >= 0.3 is 0 Å². The van der Waals surface area contributed by atoms with Gasteiger partial charge in [0, 0.05) is 31.6 Å². The first-order valence-electron chi connectivity index (χ1n) is 14.3. The second-order valence-corrected chi connectivity index (χ2v) is 11.7. The third-order valence-corrected chi connectivity index (χ3v) is 8.17. The summed E-state index contributed by atoms with van der Waals surface area (Å²) >= 11 is 0. The van der Waals surface area contributed by atoms with Crippen LogP contribution < -0.4 is 10.6 Å². The number of aromatic nitrogens is 1. The molecule has 1 saturated carbocycles. The molecule has 0 saturated heterocycles. The predicted molar refractivity (Wildman–Crippen MR) is 154 cm³/mol. The highest BCUT2D eigenvalue weighted by atomic mass is 32.2. The molecule has 0 spiro atoms. The number of ether oxygens (including phenoxy) is 3. The fourth-order valence-electron chi connectivity index (χ4n) is 4.25. The lowest BCUT2D eigenvalue weighted by Gasteiger charge is -2.26. The largest absolute Gasteiger partial charge is 0.382 e. The van der Waals surface area contributed by atoms with Crippen molar-refractivity contribution < 1.29 is 31.9 Å². The van der Waals surface area contributed by atoms with Crippen molar-refractivity contribution in [1.82, 2.24) is 14.8 Å². The molecule has 0 radical (unpaired) electrons. The number of nitriles is 1. The number of hydrogen-bond acceptors (Lipinski definition) is 9. The fourth-order valence-corrected chi connectivity index (χ4v) is 5.60. The van der Waals surface area contributed by atoms with E-state index in [9.17, 15) is 12.8 Å². The molecule has 1 aromatic rings. The van der Waals surface area contributed by atoms with Crippen molar-refractivity contribution in [3.8, 4) is 6.19 Å². The Morgan fingerprint density at radius 2 is 1.85 bits per heavy atom. The third kappa shape index (κ3) is 16.0. The number of unbranched alkanes of at least 4 members (excludes halogenated alkanes) is 3. The van der Waals surface area contributed by atoms with Gasteiger partial charge in [0.15, 0.2) is 6.19 Å². The maximum absolute atomic E-state index is 13.3. The zero-order chi connectivity index (χ0) is 29.6. The van der Waals surface area contributed by atoms with Gasteiger partial charge in [-0.25, -0.2) is 13.4 Å². The van der Waals surface area contributed by atoms with Gasteiger partial charge in [0.05, 0.1) is 51.9 Å². The van der Waals surface area contributed by atoms with Gasteiger partial charge < -0.3 is 19.5 Å². The number of nitrogens with zero attached hydrogens (tertiary/aromatic N) is 4. The molecule has 1 aliphatic rings. The van der Waals surface area contributed by atoms with Gasteiger partial charge in [0.25, 0.3) is 0 Å². The van der Waals surface area contributed by atoms with Gasteiger partial charge in [-0.05, 0) is 37.7 Å². The number of anilines is 1. The van der Waals surface area contributed by atoms with Crippen molar-refractivity contribution in [2.75, 3.05) is 70.9 Å². The first-order chi connectivity index (χ1) is 19.9. The average molecular weight is 601 g/mol. The molecule has 1 heterocycles. The standard InChI is InChI=1S/C27H45FN6O6S/c1-37-16-17-39-19-18-38-15-14-34(40-22-24-9-5-4-6-10-24)41(35,36)20-8-3-2-7-12-31-27(32-23-29)33-25-11-13-30-26(28)21-25/h11,13,21,24H,2-10,12,14-20,22H2,1H3,(H2,30,31,32,33). The number of hydrogen-bond donors (Lipinski definition) is 2. The van der Waals surface area contributed by atoms with Crippen LogP contribution >= 0.6 is 0 Å². The highest BCUT2D eigenvalue weighted by Crippen LogP contribution is 2.24. The van der Waals surface area contributed by atoms with Gasteiger partial charge in [-0.15, -0.1) is 0 Å². The molecule has 14 heteroatoms. The summed E-state index contributed by atoms with van der Waals surface area (Å²) in [5, 5.41) is 14.2. The fraction of sp³-hybridized carbons (Fsp3) is 0.741. The van der Waals surface area contributed by atoms with Crippen LogP contribution in [0.5, 0.6) is 0 Å². The smallest absolute Gasteiger partial charge is 0.236 e. The SMILES string of the molecule is COCCOCCOCCN(OCC1CCCCC1)S(=O)(=O)CCCCCCN=C(NC#N)Nc1ccnc(F)c1. The summed E-state index contributed by atoms with van der Waals surface area (Å²) in [6, 6.07) is 2.76. The Kier molecular flexibility index (Phi) is 18.1. The van der Waals surface area contributed by atoms with Crippen LogP contribution in [0.25, 0.3) is 0 Å². The molecule has 12 nitrogen and oxygen atoms in total. The first kappa shape index (κ1) is 34.8. The van der Waals surface area contributed by atoms with Crippen LogP contribution in [0.3, 0.4) is 0 Å². The lowest BCUT2D eigenvalue weighted by atomic mass is 9.90. The molecule has 0 atom stereocenters. The minimum Gasteiger partial charge on any atom is -0.382 e. The number of rotatable bonds is 21. The molecule has 0 unspecified atom stereocenters. The number of pyridine rings is 1. The van der Waals surface area contributed by atoms with Crippen LogP contribution in [0.2, 0.25) is 0 Å². The first-order valence-corrected chi connectivity index (χ1v) is 15.9. The van der Waals surface area contributed by atoms with E-state index in [-0.39, 0.29) is 24.9 Å². The maximum Gasteiger partial charge on any atom is 0.236 e. The number of sulfonamides is 1. The van der Waals surface area contributed by atoms with Gasteiger partial charge in [0.2, 0.25) is 21.9 Å². The van der Waals surface area contributed by atoms with E-state index in [1.54, 1.807) is 19.4 Å². The second-order valence-electron chi connectivity index (χ2n) is 9.73. The molecular weight excluding hydrogens is 555 g/mol. The molecule has 0 amide bonds. The van der Waals surface area contributed by atoms with Crippen molar-refractivity contribution in [1.29, 1.82) is 5.26 Å². The Labute approximate surface area is 243 Å². The van der Waals surface area contributed by atoms with E-state index in [1.165, 1.54) is 18.7 Å². The average Bonchev–Trinajstić information content (AvgIpc) is 2.96. The van der Waals surface area contributed by atoms with Gasteiger partial charge in [0.1, 0.15) is 0 Å². The van der Waals surface area contributed by atoms with Crippen LogP contribution in [-0.2, 0) is 29.1 Å². The zero-order valence-corrected chi connectivity index (χ0v) is 24.9. The Bertz CT molecular complexity index is 1020. The minimum absolute atomic E-state index is 0.0164. The van der Waals surface area contributed by atoms with Crippen LogP contribution in [0.1, 0.15) is 57.8 Å². The van der Waals surface area contributed by atoms with Crippen molar-refractivity contribution in [3.63, 3.8) is 0 Å². The topological polar surface area (TPSA) is 147 Å². The summed E-state index contributed by atoms with van der Waals surface area (Å²) < 4.78 is 56.5. The Balaban J connectivity index is 1.74. The predicted octanol–water partition coefficient (Wildman–Crippen LogP) is 3.44. The molecule has 2 N–H and O–H groups in total. The number of guanidine groups is 1. The van der Waals surface area contributed by atoms with Gasteiger partial charge in [-0.3, -0.25) is 15.1 Å². The van der Waals surface area contributed by atoms with Crippen LogP contribution in [-0.4, -0.2) is 89.4 Å². The van der Waals surface area contributed by atoms with Crippen molar-refractivity contribution in [2.24, 2.45) is 10.9 Å². The Morgan fingerprint density at radius 1 is 1.12 bits per heavy atom. The van der Waals surface area contributed by atoms with E-state index in [0.717, 1.165) is 36.6 Å². The molecule has 41 heavy (non-hydrogen) atoms. The number of halogens is 1. The molecule has 1 fully saturated rings. The quantitative estimate of drug-likeness (QED) is 0.0409. The van der Waals surface area contributed by atoms with Crippen molar-refractivity contribution in [3.05, 3.63) is 24.3 Å². The number of methoxy groups -OCH3 is 1. The van der Waals surface area contributed by atoms with Gasteiger partial charge in [-0.2, -0.15) is 9.65 Å². The number of nitrogens with one attached hydrogen (secondary N) is 2. The van der Waals surface area contributed by atoms with Crippen molar-refractivity contribution in [2.45, 2.75) is 57.8 Å². The normalized spacial score (nSPS) is 14.7. The van der Waals surface area contributed by atoms with Gasteiger partial charge in [-0.1, -0.05) is 36.6 Å². The monoisotopic (exact) mass is 600 g/mol. The van der Waals surface area contributed by atoms with E-state index in [4.69, 9.17) is 24.3 Å². The molecule has 2 rings (SSSR count). The Hall–Kier alpha value is -2.41. The summed E-state index contributed by atoms with van der Waals surface area (Å²) in [6.45, 7) is 2.94. The molecular formula is C27H45FN6O6S. The number of aliphatic imine (C=N–C) groups is 1.